The first kappa shape index (κ1) is 10.1. The van der Waals surface area contributed by atoms with Crippen LogP contribution in [0.5, 0.6) is 0 Å². The highest BCUT2D eigenvalue weighted by atomic mass is 15.1. The molecule has 13 heavy (non-hydrogen) atoms. The molecule has 2 heteroatoms. The van der Waals surface area contributed by atoms with Gasteiger partial charge in [0.15, 0.2) is 0 Å². The van der Waals surface area contributed by atoms with Crippen LogP contribution < -0.4 is 0 Å². The number of nitrogens with zero attached hydrogens (tertiary/aromatic N) is 2. The molecule has 0 amide bonds. The van der Waals surface area contributed by atoms with Crippen molar-refractivity contribution in [1.29, 1.82) is 5.26 Å². The van der Waals surface area contributed by atoms with Gasteiger partial charge in [-0.1, -0.05) is 18.8 Å². The Morgan fingerprint density at radius 3 is 2.31 bits per heavy atom. The minimum Gasteiger partial charge on any atom is -0.289 e. The summed E-state index contributed by atoms with van der Waals surface area (Å²) >= 11 is 0. The fourth-order valence-corrected chi connectivity index (χ4v) is 1.79. The molecule has 70 valence electrons. The van der Waals surface area contributed by atoms with E-state index in [4.69, 9.17) is 11.7 Å². The van der Waals surface area contributed by atoms with Gasteiger partial charge < -0.3 is 0 Å². The minimum absolute atomic E-state index is 0.0445. The van der Waals surface area contributed by atoms with E-state index >= 15 is 0 Å². The molecule has 0 aromatic carbocycles. The fraction of sp³-hybridized carbons (Fsp3) is 0.727. The van der Waals surface area contributed by atoms with Crippen molar-refractivity contribution >= 4 is 0 Å². The topological polar surface area (TPSA) is 27.0 Å². The number of hydrogen-bond acceptors (Lipinski definition) is 2. The second-order valence-corrected chi connectivity index (χ2v) is 3.49. The van der Waals surface area contributed by atoms with E-state index in [1.807, 2.05) is 0 Å². The molecule has 0 aromatic heterocycles. The Morgan fingerprint density at radius 2 is 1.85 bits per heavy atom. The fourth-order valence-electron chi connectivity index (χ4n) is 1.79. The summed E-state index contributed by atoms with van der Waals surface area (Å²) in [7, 11) is 0. The van der Waals surface area contributed by atoms with E-state index < -0.39 is 0 Å². The SMILES string of the molecule is C#CC(CC#N)N1CCCCCC1. The molecule has 0 aromatic rings. The van der Waals surface area contributed by atoms with E-state index in [9.17, 15) is 0 Å². The third kappa shape index (κ3) is 3.09. The van der Waals surface area contributed by atoms with Gasteiger partial charge in [0.25, 0.3) is 0 Å². The van der Waals surface area contributed by atoms with Crippen molar-refractivity contribution in [3.8, 4) is 18.4 Å². The van der Waals surface area contributed by atoms with E-state index in [0.29, 0.717) is 6.42 Å². The lowest BCUT2D eigenvalue weighted by atomic mass is 10.2. The number of hydrogen-bond donors (Lipinski definition) is 0. The summed E-state index contributed by atoms with van der Waals surface area (Å²) < 4.78 is 0. The lowest BCUT2D eigenvalue weighted by Gasteiger charge is -2.24. The van der Waals surface area contributed by atoms with Gasteiger partial charge in [0.05, 0.1) is 18.5 Å². The molecule has 0 N–H and O–H groups in total. The van der Waals surface area contributed by atoms with Gasteiger partial charge in [-0.3, -0.25) is 4.90 Å². The largest absolute Gasteiger partial charge is 0.289 e. The summed E-state index contributed by atoms with van der Waals surface area (Å²) in [6.45, 7) is 2.13. The minimum atomic E-state index is 0.0445. The molecular weight excluding hydrogens is 160 g/mol. The number of rotatable bonds is 2. The number of nitriles is 1. The van der Waals surface area contributed by atoms with Crippen molar-refractivity contribution in [3.05, 3.63) is 0 Å². The predicted octanol–water partition coefficient (Wildman–Crippen LogP) is 1.78. The molecular formula is C11H16N2. The first-order valence-corrected chi connectivity index (χ1v) is 4.95. The third-order valence-corrected chi connectivity index (χ3v) is 2.56. The van der Waals surface area contributed by atoms with Gasteiger partial charge in [0.2, 0.25) is 0 Å². The Labute approximate surface area is 80.5 Å². The van der Waals surface area contributed by atoms with Crippen LogP contribution >= 0.6 is 0 Å². The Hall–Kier alpha value is -0.990. The molecule has 1 fully saturated rings. The first-order valence-electron chi connectivity index (χ1n) is 4.95. The molecule has 1 saturated heterocycles. The smallest absolute Gasteiger partial charge is 0.0843 e. The van der Waals surface area contributed by atoms with Crippen LogP contribution in [0.15, 0.2) is 0 Å². The molecule has 0 bridgehead atoms. The molecule has 1 atom stereocenters. The second-order valence-electron chi connectivity index (χ2n) is 3.49. The maximum atomic E-state index is 8.60. The van der Waals surface area contributed by atoms with Gasteiger partial charge in [-0.25, -0.2) is 0 Å². The van der Waals surface area contributed by atoms with Gasteiger partial charge in [0, 0.05) is 0 Å². The normalized spacial score (nSPS) is 21.1. The Balaban J connectivity index is 2.47. The van der Waals surface area contributed by atoms with Gasteiger partial charge in [-0.15, -0.1) is 6.42 Å². The zero-order chi connectivity index (χ0) is 9.52. The molecule has 1 aliphatic rings. The molecule has 0 radical (unpaired) electrons. The van der Waals surface area contributed by atoms with Crippen molar-refractivity contribution in [2.24, 2.45) is 0 Å². The van der Waals surface area contributed by atoms with Crippen LogP contribution in [-0.4, -0.2) is 24.0 Å². The maximum absolute atomic E-state index is 8.60. The summed E-state index contributed by atoms with van der Waals surface area (Å²) in [5, 5.41) is 8.60. The van der Waals surface area contributed by atoms with Crippen molar-refractivity contribution in [1.82, 2.24) is 4.90 Å². The van der Waals surface area contributed by atoms with Gasteiger partial charge in [-0.2, -0.15) is 5.26 Å². The van der Waals surface area contributed by atoms with Crippen LogP contribution in [0, 0.1) is 23.7 Å². The highest BCUT2D eigenvalue weighted by Gasteiger charge is 2.16. The average molecular weight is 176 g/mol. The van der Waals surface area contributed by atoms with Gasteiger partial charge >= 0.3 is 0 Å². The van der Waals surface area contributed by atoms with E-state index in [0.717, 1.165) is 13.1 Å². The summed E-state index contributed by atoms with van der Waals surface area (Å²) in [6.07, 6.45) is 10.9. The number of terminal acetylenes is 1. The maximum Gasteiger partial charge on any atom is 0.0843 e. The summed E-state index contributed by atoms with van der Waals surface area (Å²) in [5.74, 6) is 2.70. The molecule has 1 rings (SSSR count). The third-order valence-electron chi connectivity index (χ3n) is 2.56. The monoisotopic (exact) mass is 176 g/mol. The molecule has 2 nitrogen and oxygen atoms in total. The quantitative estimate of drug-likeness (QED) is 0.600. The molecule has 1 heterocycles. The van der Waals surface area contributed by atoms with Crippen molar-refractivity contribution in [2.75, 3.05) is 13.1 Å². The van der Waals surface area contributed by atoms with E-state index in [-0.39, 0.29) is 6.04 Å². The standard InChI is InChI=1S/C11H16N2/c1-2-11(7-8-12)13-9-5-3-4-6-10-13/h1,11H,3-7,9-10H2. The van der Waals surface area contributed by atoms with Gasteiger partial charge in [-0.05, 0) is 25.9 Å². The zero-order valence-corrected chi connectivity index (χ0v) is 8.00. The molecule has 1 unspecified atom stereocenters. The van der Waals surface area contributed by atoms with Crippen molar-refractivity contribution in [2.45, 2.75) is 38.1 Å². The Morgan fingerprint density at radius 1 is 1.23 bits per heavy atom. The Kier molecular flexibility index (Phi) is 4.36. The zero-order valence-electron chi connectivity index (χ0n) is 8.00. The Bertz CT molecular complexity index is 213. The van der Waals surface area contributed by atoms with E-state index in [2.05, 4.69) is 16.9 Å². The molecule has 0 spiro atoms. The van der Waals surface area contributed by atoms with Crippen LogP contribution in [-0.2, 0) is 0 Å². The molecule has 0 aliphatic carbocycles. The van der Waals surface area contributed by atoms with Crippen molar-refractivity contribution in [3.63, 3.8) is 0 Å². The van der Waals surface area contributed by atoms with Crippen LogP contribution in [0.3, 0.4) is 0 Å². The van der Waals surface area contributed by atoms with Gasteiger partial charge in [0.1, 0.15) is 0 Å². The highest BCUT2D eigenvalue weighted by molar-refractivity contribution is 5.04. The lowest BCUT2D eigenvalue weighted by molar-refractivity contribution is 0.247. The van der Waals surface area contributed by atoms with Crippen LogP contribution in [0.25, 0.3) is 0 Å². The number of likely N-dealkylation sites (tertiary alicyclic amines) is 1. The second kappa shape index (κ2) is 5.62. The van der Waals surface area contributed by atoms with E-state index in [1.54, 1.807) is 0 Å². The van der Waals surface area contributed by atoms with Crippen LogP contribution in [0.1, 0.15) is 32.1 Å². The van der Waals surface area contributed by atoms with E-state index in [1.165, 1.54) is 25.7 Å². The van der Waals surface area contributed by atoms with Crippen molar-refractivity contribution < 1.29 is 0 Å². The lowest BCUT2D eigenvalue weighted by Crippen LogP contribution is -2.34. The highest BCUT2D eigenvalue weighted by Crippen LogP contribution is 2.13. The van der Waals surface area contributed by atoms with Crippen LogP contribution in [0.4, 0.5) is 0 Å². The first-order chi connectivity index (χ1) is 6.38. The summed E-state index contributed by atoms with van der Waals surface area (Å²) in [6, 6.07) is 2.20. The summed E-state index contributed by atoms with van der Waals surface area (Å²) in [5.41, 5.74) is 0. The summed E-state index contributed by atoms with van der Waals surface area (Å²) in [4.78, 5) is 2.27. The average Bonchev–Trinajstić information content (AvgIpc) is 2.42. The van der Waals surface area contributed by atoms with Crippen LogP contribution in [0.2, 0.25) is 0 Å². The molecule has 0 saturated carbocycles. The molecule has 1 aliphatic heterocycles. The predicted molar refractivity (Wildman–Crippen MR) is 52.9 cm³/mol.